The Morgan fingerprint density at radius 2 is 2.23 bits per heavy atom. The van der Waals surface area contributed by atoms with E-state index in [4.69, 9.17) is 4.74 Å². The number of anilines is 1. The first-order valence-electron chi connectivity index (χ1n) is 9.28. The van der Waals surface area contributed by atoms with E-state index in [-0.39, 0.29) is 12.0 Å². The van der Waals surface area contributed by atoms with Crippen molar-refractivity contribution in [1.82, 2.24) is 15.3 Å². The van der Waals surface area contributed by atoms with Crippen LogP contribution in [0.5, 0.6) is 0 Å². The molecule has 6 nitrogen and oxygen atoms in total. The van der Waals surface area contributed by atoms with Gasteiger partial charge in [0.25, 0.3) is 0 Å². The average Bonchev–Trinajstić information content (AvgIpc) is 3.18. The van der Waals surface area contributed by atoms with Gasteiger partial charge in [-0.1, -0.05) is 37.2 Å². The first-order chi connectivity index (χ1) is 12.8. The molecule has 0 radical (unpaired) electrons. The number of fused-ring (bicyclic) bond motifs is 1. The predicted octanol–water partition coefficient (Wildman–Crippen LogP) is 3.23. The summed E-state index contributed by atoms with van der Waals surface area (Å²) in [5.74, 6) is 1.13. The van der Waals surface area contributed by atoms with Crippen LogP contribution in [0.2, 0.25) is 0 Å². The molecule has 2 N–H and O–H groups in total. The number of hydrogen-bond donors (Lipinski definition) is 2. The lowest BCUT2D eigenvalue weighted by Gasteiger charge is -2.11. The fourth-order valence-electron chi connectivity index (χ4n) is 2.85. The molecular formula is C19H26N4O2S. The molecule has 1 saturated heterocycles. The summed E-state index contributed by atoms with van der Waals surface area (Å²) >= 11 is 1.36. The molecular weight excluding hydrogens is 348 g/mol. The molecule has 0 saturated carbocycles. The summed E-state index contributed by atoms with van der Waals surface area (Å²) in [6.07, 6.45) is 4.48. The number of thioether (sulfide) groups is 1. The van der Waals surface area contributed by atoms with Crippen LogP contribution in [0.15, 0.2) is 29.4 Å². The van der Waals surface area contributed by atoms with Gasteiger partial charge in [0.2, 0.25) is 5.91 Å². The Morgan fingerprint density at radius 3 is 3.04 bits per heavy atom. The van der Waals surface area contributed by atoms with Crippen molar-refractivity contribution in [3.05, 3.63) is 24.3 Å². The minimum absolute atomic E-state index is 0.0113. The Morgan fingerprint density at radius 1 is 1.35 bits per heavy atom. The van der Waals surface area contributed by atoms with Gasteiger partial charge in [0.15, 0.2) is 5.16 Å². The lowest BCUT2D eigenvalue weighted by Crippen LogP contribution is -2.32. The molecule has 1 aromatic carbocycles. The number of benzene rings is 1. The van der Waals surface area contributed by atoms with E-state index in [0.717, 1.165) is 55.6 Å². The molecule has 1 aromatic heterocycles. The van der Waals surface area contributed by atoms with Crippen molar-refractivity contribution in [1.29, 1.82) is 0 Å². The molecule has 1 aliphatic rings. The predicted molar refractivity (Wildman–Crippen MR) is 106 cm³/mol. The van der Waals surface area contributed by atoms with Crippen LogP contribution >= 0.6 is 11.8 Å². The van der Waals surface area contributed by atoms with Crippen LogP contribution in [-0.2, 0) is 9.53 Å². The summed E-state index contributed by atoms with van der Waals surface area (Å²) in [7, 11) is 0. The van der Waals surface area contributed by atoms with Crippen LogP contribution in [0.1, 0.15) is 32.6 Å². The number of hydrogen-bond acceptors (Lipinski definition) is 6. The molecule has 0 bridgehead atoms. The number of ether oxygens (including phenoxy) is 1. The normalized spacial score (nSPS) is 16.7. The highest BCUT2D eigenvalue weighted by molar-refractivity contribution is 7.99. The van der Waals surface area contributed by atoms with Crippen molar-refractivity contribution in [3.63, 3.8) is 0 Å². The first-order valence-corrected chi connectivity index (χ1v) is 10.3. The molecule has 0 aliphatic carbocycles. The Hall–Kier alpha value is -1.86. The minimum Gasteiger partial charge on any atom is -0.376 e. The maximum Gasteiger partial charge on any atom is 0.230 e. The van der Waals surface area contributed by atoms with Crippen LogP contribution < -0.4 is 10.6 Å². The number of amides is 1. The molecule has 2 heterocycles. The van der Waals surface area contributed by atoms with Gasteiger partial charge >= 0.3 is 0 Å². The average molecular weight is 375 g/mol. The van der Waals surface area contributed by atoms with Gasteiger partial charge in [0, 0.05) is 25.1 Å². The van der Waals surface area contributed by atoms with E-state index >= 15 is 0 Å². The fourth-order valence-corrected chi connectivity index (χ4v) is 3.53. The number of nitrogens with zero attached hydrogens (tertiary/aromatic N) is 2. The SMILES string of the molecule is CCCCNc1nc(SCC(=O)NC[C@@H]2CCCO2)nc2ccccc12. The standard InChI is InChI=1S/C19H26N4O2S/c1-2-3-10-20-18-15-8-4-5-9-16(15)22-19(23-18)26-13-17(24)21-12-14-7-6-11-25-14/h4-5,8-9,14H,2-3,6-7,10-13H2,1H3,(H,21,24)(H,20,22,23)/t14-/m0/s1. The monoisotopic (exact) mass is 374 g/mol. The lowest BCUT2D eigenvalue weighted by molar-refractivity contribution is -0.119. The third-order valence-corrected chi connectivity index (χ3v) is 5.14. The Bertz CT molecular complexity index is 735. The third kappa shape index (κ3) is 5.32. The van der Waals surface area contributed by atoms with E-state index < -0.39 is 0 Å². The highest BCUT2D eigenvalue weighted by Gasteiger charge is 2.16. The highest BCUT2D eigenvalue weighted by atomic mass is 32.2. The topological polar surface area (TPSA) is 76.1 Å². The van der Waals surface area contributed by atoms with Crippen molar-refractivity contribution < 1.29 is 9.53 Å². The van der Waals surface area contributed by atoms with Crippen molar-refractivity contribution in [2.45, 2.75) is 43.9 Å². The number of carbonyl (C=O) groups is 1. The quantitative estimate of drug-likeness (QED) is 0.399. The van der Waals surface area contributed by atoms with E-state index in [1.165, 1.54) is 11.8 Å². The maximum absolute atomic E-state index is 12.1. The van der Waals surface area contributed by atoms with Crippen LogP contribution in [0, 0.1) is 0 Å². The van der Waals surface area contributed by atoms with Gasteiger partial charge in [0.05, 0.1) is 17.4 Å². The molecule has 3 rings (SSSR count). The zero-order chi connectivity index (χ0) is 18.2. The Kier molecular flexibility index (Phi) is 7.08. The first kappa shape index (κ1) is 18.9. The van der Waals surface area contributed by atoms with Gasteiger partial charge in [-0.15, -0.1) is 0 Å². The number of nitrogens with one attached hydrogen (secondary N) is 2. The van der Waals surface area contributed by atoms with E-state index in [1.807, 2.05) is 24.3 Å². The molecule has 2 aromatic rings. The van der Waals surface area contributed by atoms with E-state index in [9.17, 15) is 4.79 Å². The molecule has 7 heteroatoms. The van der Waals surface area contributed by atoms with Gasteiger partial charge < -0.3 is 15.4 Å². The van der Waals surface area contributed by atoms with Crippen molar-refractivity contribution in [2.24, 2.45) is 0 Å². The largest absolute Gasteiger partial charge is 0.376 e. The lowest BCUT2D eigenvalue weighted by atomic mass is 10.2. The summed E-state index contributed by atoms with van der Waals surface area (Å²) in [4.78, 5) is 21.3. The van der Waals surface area contributed by atoms with Gasteiger partial charge in [-0.05, 0) is 31.4 Å². The van der Waals surface area contributed by atoms with E-state index in [0.29, 0.717) is 17.5 Å². The van der Waals surface area contributed by atoms with E-state index in [2.05, 4.69) is 27.5 Å². The maximum atomic E-state index is 12.1. The zero-order valence-corrected chi connectivity index (χ0v) is 16.0. The second-order valence-corrected chi connectivity index (χ2v) is 7.32. The van der Waals surface area contributed by atoms with Crippen LogP contribution in [0.25, 0.3) is 10.9 Å². The second-order valence-electron chi connectivity index (χ2n) is 6.38. The number of para-hydroxylation sites is 1. The molecule has 1 atom stereocenters. The molecule has 26 heavy (non-hydrogen) atoms. The van der Waals surface area contributed by atoms with Gasteiger partial charge in [-0.25, -0.2) is 9.97 Å². The van der Waals surface area contributed by atoms with Crippen molar-refractivity contribution >= 4 is 34.4 Å². The molecule has 1 fully saturated rings. The third-order valence-electron chi connectivity index (χ3n) is 4.29. The summed E-state index contributed by atoms with van der Waals surface area (Å²) in [6.45, 7) is 4.43. The van der Waals surface area contributed by atoms with E-state index in [1.54, 1.807) is 0 Å². The second kappa shape index (κ2) is 9.73. The van der Waals surface area contributed by atoms with Crippen LogP contribution in [-0.4, -0.2) is 47.4 Å². The van der Waals surface area contributed by atoms with Crippen molar-refractivity contribution in [3.8, 4) is 0 Å². The summed E-state index contributed by atoms with van der Waals surface area (Å²) in [5.41, 5.74) is 0.892. The van der Waals surface area contributed by atoms with Gasteiger partial charge in [0.1, 0.15) is 5.82 Å². The Labute approximate surface area is 158 Å². The molecule has 0 unspecified atom stereocenters. The summed E-state index contributed by atoms with van der Waals surface area (Å²) in [6, 6.07) is 7.95. The molecule has 140 valence electrons. The molecule has 1 amide bonds. The molecule has 1 aliphatic heterocycles. The number of aromatic nitrogens is 2. The Balaban J connectivity index is 1.60. The minimum atomic E-state index is -0.0113. The van der Waals surface area contributed by atoms with Gasteiger partial charge in [-0.2, -0.15) is 0 Å². The highest BCUT2D eigenvalue weighted by Crippen LogP contribution is 2.24. The van der Waals surface area contributed by atoms with Crippen LogP contribution in [0.4, 0.5) is 5.82 Å². The summed E-state index contributed by atoms with van der Waals surface area (Å²) < 4.78 is 5.52. The van der Waals surface area contributed by atoms with Crippen molar-refractivity contribution in [2.75, 3.05) is 30.8 Å². The van der Waals surface area contributed by atoms with Gasteiger partial charge in [-0.3, -0.25) is 4.79 Å². The number of carbonyl (C=O) groups excluding carboxylic acids is 1. The smallest absolute Gasteiger partial charge is 0.230 e. The number of unbranched alkanes of at least 4 members (excludes halogenated alkanes) is 1. The molecule has 0 spiro atoms. The number of rotatable bonds is 9. The van der Waals surface area contributed by atoms with Crippen LogP contribution in [0.3, 0.4) is 0 Å². The fraction of sp³-hybridized carbons (Fsp3) is 0.526. The summed E-state index contributed by atoms with van der Waals surface area (Å²) in [5, 5.41) is 7.96. The zero-order valence-electron chi connectivity index (χ0n) is 15.2.